The van der Waals surface area contributed by atoms with Crippen LogP contribution in [0.5, 0.6) is 0 Å². The predicted octanol–water partition coefficient (Wildman–Crippen LogP) is 5.39. The number of esters is 1. The summed E-state index contributed by atoms with van der Waals surface area (Å²) in [5.41, 5.74) is 7.34. The summed E-state index contributed by atoms with van der Waals surface area (Å²) in [5.74, 6) is -0.0978. The minimum Gasteiger partial charge on any atom is -0.466 e. The van der Waals surface area contributed by atoms with Crippen molar-refractivity contribution in [2.45, 2.75) is 70.9 Å². The highest BCUT2D eigenvalue weighted by Gasteiger charge is 2.49. The highest BCUT2D eigenvalue weighted by molar-refractivity contribution is 5.90. The maximum atomic E-state index is 14.3. The lowest BCUT2D eigenvalue weighted by Crippen LogP contribution is -2.55. The summed E-state index contributed by atoms with van der Waals surface area (Å²) in [4.78, 5) is 44.9. The van der Waals surface area contributed by atoms with E-state index in [-0.39, 0.29) is 35.2 Å². The van der Waals surface area contributed by atoms with E-state index >= 15 is 0 Å². The second-order valence-electron chi connectivity index (χ2n) is 13.6. The van der Waals surface area contributed by atoms with Crippen molar-refractivity contribution >= 4 is 28.6 Å². The molecule has 2 amide bonds. The maximum absolute atomic E-state index is 14.3. The molecule has 2 fully saturated rings. The minimum absolute atomic E-state index is 0.0142. The fourth-order valence-corrected chi connectivity index (χ4v) is 6.94. The van der Waals surface area contributed by atoms with Gasteiger partial charge in [0.1, 0.15) is 6.04 Å². The monoisotopic (exact) mass is 597 g/mol. The van der Waals surface area contributed by atoms with Gasteiger partial charge in [0.05, 0.1) is 12.0 Å². The van der Waals surface area contributed by atoms with Crippen LogP contribution in [0.1, 0.15) is 57.6 Å². The molecule has 1 aliphatic heterocycles. The molecule has 7 heteroatoms. The Balaban J connectivity index is 1.36. The Morgan fingerprint density at radius 3 is 2.30 bits per heavy atom. The van der Waals surface area contributed by atoms with Crippen LogP contribution in [-0.2, 0) is 32.0 Å². The van der Waals surface area contributed by atoms with E-state index in [1.165, 1.54) is 0 Å². The molecule has 0 bridgehead atoms. The number of fused-ring (bicyclic) bond motifs is 1. The topological polar surface area (TPSA) is 92.9 Å². The number of hydrogen-bond donors (Lipinski definition) is 1. The van der Waals surface area contributed by atoms with E-state index in [0.717, 1.165) is 34.7 Å². The number of carbonyl (C=O) groups is 3. The smallest absolute Gasteiger partial charge is 0.312 e. The molecule has 3 aromatic carbocycles. The first-order valence-corrected chi connectivity index (χ1v) is 16.0. The van der Waals surface area contributed by atoms with Crippen molar-refractivity contribution in [2.24, 2.45) is 23.0 Å². The number of nitrogens with zero attached hydrogens (tertiary/aromatic N) is 2. The van der Waals surface area contributed by atoms with Crippen LogP contribution in [0.25, 0.3) is 10.8 Å². The van der Waals surface area contributed by atoms with Gasteiger partial charge >= 0.3 is 5.97 Å². The van der Waals surface area contributed by atoms with Crippen LogP contribution in [0.3, 0.4) is 0 Å². The van der Waals surface area contributed by atoms with E-state index in [0.29, 0.717) is 45.4 Å². The second-order valence-corrected chi connectivity index (χ2v) is 13.6. The Labute approximate surface area is 261 Å². The highest BCUT2D eigenvalue weighted by Crippen LogP contribution is 2.45. The third-order valence-corrected chi connectivity index (χ3v) is 9.50. The van der Waals surface area contributed by atoms with Gasteiger partial charge in [-0.3, -0.25) is 14.4 Å². The van der Waals surface area contributed by atoms with Crippen LogP contribution < -0.4 is 5.73 Å². The largest absolute Gasteiger partial charge is 0.466 e. The molecule has 1 heterocycles. The maximum Gasteiger partial charge on any atom is 0.312 e. The van der Waals surface area contributed by atoms with E-state index in [9.17, 15) is 14.4 Å². The molecule has 1 aliphatic carbocycles. The number of hydrogen-bond acceptors (Lipinski definition) is 5. The zero-order valence-corrected chi connectivity index (χ0v) is 26.6. The average Bonchev–Trinajstić information content (AvgIpc) is 3.77. The highest BCUT2D eigenvalue weighted by atomic mass is 16.5. The van der Waals surface area contributed by atoms with E-state index in [4.69, 9.17) is 10.5 Å². The van der Waals surface area contributed by atoms with Crippen LogP contribution in [-0.4, -0.2) is 65.9 Å². The molecule has 0 aromatic heterocycles. The molecular weight excluding hydrogens is 550 g/mol. The molecule has 2 unspecified atom stereocenters. The summed E-state index contributed by atoms with van der Waals surface area (Å²) in [6.07, 6.45) is 3.63. The molecule has 2 aliphatic rings. The summed E-state index contributed by atoms with van der Waals surface area (Å²) in [6, 6.07) is 23.8. The number of rotatable bonds is 11. The Morgan fingerprint density at radius 1 is 0.977 bits per heavy atom. The average molecular weight is 598 g/mol. The van der Waals surface area contributed by atoms with Gasteiger partial charge in [-0.25, -0.2) is 0 Å². The summed E-state index contributed by atoms with van der Waals surface area (Å²) in [5, 5.41) is 2.24. The van der Waals surface area contributed by atoms with Crippen LogP contribution in [0.15, 0.2) is 72.8 Å². The molecule has 44 heavy (non-hydrogen) atoms. The van der Waals surface area contributed by atoms with Crippen molar-refractivity contribution in [3.8, 4) is 0 Å². The number of piperidine rings is 1. The van der Waals surface area contributed by atoms with Gasteiger partial charge in [0.2, 0.25) is 11.8 Å². The number of carbonyl (C=O) groups excluding carboxylic acids is 3. The molecule has 0 spiro atoms. The van der Waals surface area contributed by atoms with Gasteiger partial charge in [0.25, 0.3) is 0 Å². The van der Waals surface area contributed by atoms with Crippen molar-refractivity contribution in [1.82, 2.24) is 9.80 Å². The fraction of sp³-hybridized carbons (Fsp3) is 0.486. The molecule has 5 rings (SSSR count). The van der Waals surface area contributed by atoms with E-state index in [2.05, 4.69) is 30.3 Å². The number of likely N-dealkylation sites (tertiary alicyclic amines) is 1. The molecule has 1 saturated carbocycles. The van der Waals surface area contributed by atoms with Crippen molar-refractivity contribution < 1.29 is 19.1 Å². The molecule has 2 N–H and O–H groups in total. The third-order valence-electron chi connectivity index (χ3n) is 9.50. The van der Waals surface area contributed by atoms with Crippen molar-refractivity contribution in [3.63, 3.8) is 0 Å². The SMILES string of the molecule is CCOC(=O)C1(Cc2ccccc2)CCN(C(=O)[C@@H](Cc2ccc3ccccc3c2)N(C)C(=O)C2CC2CC(C)(C)N)CC1. The summed E-state index contributed by atoms with van der Waals surface area (Å²) >= 11 is 0. The van der Waals surface area contributed by atoms with Gasteiger partial charge in [0, 0.05) is 38.0 Å². The first kappa shape index (κ1) is 31.7. The van der Waals surface area contributed by atoms with Crippen molar-refractivity contribution in [3.05, 3.63) is 83.9 Å². The summed E-state index contributed by atoms with van der Waals surface area (Å²) in [6.45, 7) is 7.01. The zero-order chi connectivity index (χ0) is 31.5. The Morgan fingerprint density at radius 2 is 1.64 bits per heavy atom. The third kappa shape index (κ3) is 7.32. The van der Waals surface area contributed by atoms with E-state index in [1.54, 1.807) is 11.9 Å². The lowest BCUT2D eigenvalue weighted by Gasteiger charge is -2.42. The van der Waals surface area contributed by atoms with Crippen LogP contribution >= 0.6 is 0 Å². The van der Waals surface area contributed by atoms with Crippen LogP contribution in [0, 0.1) is 17.3 Å². The molecule has 234 valence electrons. The molecule has 7 nitrogen and oxygen atoms in total. The van der Waals surface area contributed by atoms with Gasteiger partial charge in [0.15, 0.2) is 0 Å². The number of ether oxygens (including phenoxy) is 1. The number of likely N-dealkylation sites (N-methyl/N-ethyl adjacent to an activating group) is 1. The van der Waals surface area contributed by atoms with Gasteiger partial charge < -0.3 is 20.3 Å². The lowest BCUT2D eigenvalue weighted by molar-refractivity contribution is -0.161. The van der Waals surface area contributed by atoms with Gasteiger partial charge in [-0.15, -0.1) is 0 Å². The molecule has 1 saturated heterocycles. The Bertz CT molecular complexity index is 1470. The predicted molar refractivity (Wildman–Crippen MR) is 174 cm³/mol. The normalized spacial score (nSPS) is 20.2. The van der Waals surface area contributed by atoms with E-state index in [1.807, 2.05) is 68.1 Å². The van der Waals surface area contributed by atoms with Gasteiger partial charge in [-0.1, -0.05) is 72.8 Å². The quantitative estimate of drug-likeness (QED) is 0.300. The minimum atomic E-state index is -0.681. The van der Waals surface area contributed by atoms with Gasteiger partial charge in [-0.2, -0.15) is 0 Å². The first-order chi connectivity index (χ1) is 21.0. The second kappa shape index (κ2) is 13.1. The summed E-state index contributed by atoms with van der Waals surface area (Å²) in [7, 11) is 1.77. The van der Waals surface area contributed by atoms with Crippen LogP contribution in [0.4, 0.5) is 0 Å². The molecular formula is C37H47N3O4. The molecule has 3 atom stereocenters. The van der Waals surface area contributed by atoms with Crippen molar-refractivity contribution in [1.29, 1.82) is 0 Å². The van der Waals surface area contributed by atoms with E-state index < -0.39 is 11.5 Å². The number of nitrogens with two attached hydrogens (primary N) is 1. The summed E-state index contributed by atoms with van der Waals surface area (Å²) < 4.78 is 5.56. The molecule has 0 radical (unpaired) electrons. The van der Waals surface area contributed by atoms with Gasteiger partial charge in [-0.05, 0) is 80.7 Å². The number of amides is 2. The number of benzene rings is 3. The Kier molecular flexibility index (Phi) is 9.45. The standard InChI is InChI=1S/C37H47N3O4/c1-5-44-35(43)37(24-26-11-7-6-8-12-26)17-19-40(20-18-37)34(42)32(22-27-15-16-28-13-9-10-14-29(28)21-27)39(4)33(41)31-23-30(31)25-36(2,3)38/h6-16,21,30-32H,5,17-20,22-25,38H2,1-4H3/t30?,31?,32-/m1/s1. The lowest BCUT2D eigenvalue weighted by atomic mass is 9.73. The van der Waals surface area contributed by atoms with Crippen molar-refractivity contribution in [2.75, 3.05) is 26.7 Å². The first-order valence-electron chi connectivity index (χ1n) is 16.0. The molecule has 3 aromatic rings. The fourth-order valence-electron chi connectivity index (χ4n) is 6.94. The van der Waals surface area contributed by atoms with Crippen LogP contribution in [0.2, 0.25) is 0 Å². The zero-order valence-electron chi connectivity index (χ0n) is 26.6. The Hall–Kier alpha value is -3.71.